The van der Waals surface area contributed by atoms with E-state index in [0.717, 1.165) is 6.61 Å². The van der Waals surface area contributed by atoms with Gasteiger partial charge in [0.25, 0.3) is 0 Å². The molecule has 18 heavy (non-hydrogen) atoms. The maximum atomic E-state index is 5.86. The fraction of sp³-hybridized carbons (Fsp3) is 0.294. The molecule has 0 bridgehead atoms. The first-order valence-electron chi connectivity index (χ1n) is 6.64. The van der Waals surface area contributed by atoms with Crippen molar-refractivity contribution in [2.24, 2.45) is 5.92 Å². The van der Waals surface area contributed by atoms with Gasteiger partial charge in [0, 0.05) is 5.92 Å². The summed E-state index contributed by atoms with van der Waals surface area (Å²) in [5, 5.41) is 0. The first-order chi connectivity index (χ1) is 8.90. The predicted octanol–water partition coefficient (Wildman–Crippen LogP) is 3.72. The monoisotopic (exact) mass is 236 g/mol. The summed E-state index contributed by atoms with van der Waals surface area (Å²) in [6.45, 7) is 0.894. The lowest BCUT2D eigenvalue weighted by Gasteiger charge is -2.12. The van der Waals surface area contributed by atoms with E-state index in [1.54, 1.807) is 0 Å². The Labute approximate surface area is 107 Å². The Morgan fingerprint density at radius 3 is 2.11 bits per heavy atom. The summed E-state index contributed by atoms with van der Waals surface area (Å²) in [5.41, 5.74) is 2.85. The number of hydrogen-bond acceptors (Lipinski definition) is 1. The Balaban J connectivity index is 1.60. The van der Waals surface area contributed by atoms with Gasteiger partial charge < -0.3 is 4.74 Å². The van der Waals surface area contributed by atoms with E-state index >= 15 is 0 Å². The zero-order valence-corrected chi connectivity index (χ0v) is 10.3. The molecule has 1 heterocycles. The molecule has 0 spiro atoms. The molecule has 4 rings (SSSR count). The van der Waals surface area contributed by atoms with Gasteiger partial charge in [-0.1, -0.05) is 60.7 Å². The van der Waals surface area contributed by atoms with Gasteiger partial charge in [-0.05, 0) is 23.5 Å². The fourth-order valence-electron chi connectivity index (χ4n) is 3.17. The third-order valence-electron chi connectivity index (χ3n) is 4.33. The average molecular weight is 236 g/mol. The molecule has 2 aromatic rings. The second kappa shape index (κ2) is 3.69. The van der Waals surface area contributed by atoms with Gasteiger partial charge in [0.1, 0.15) is 5.60 Å². The molecule has 1 aliphatic carbocycles. The Kier molecular flexibility index (Phi) is 2.12. The van der Waals surface area contributed by atoms with Crippen molar-refractivity contribution >= 4 is 0 Å². The maximum absolute atomic E-state index is 5.86. The highest BCUT2D eigenvalue weighted by Crippen LogP contribution is 2.63. The highest BCUT2D eigenvalue weighted by Gasteiger charge is 2.62. The largest absolute Gasteiger partial charge is 0.364 e. The molecule has 0 radical (unpaired) electrons. The van der Waals surface area contributed by atoms with Crippen LogP contribution in [0.3, 0.4) is 0 Å². The van der Waals surface area contributed by atoms with Crippen LogP contribution in [-0.4, -0.2) is 6.61 Å². The van der Waals surface area contributed by atoms with E-state index in [-0.39, 0.29) is 5.60 Å². The topological polar surface area (TPSA) is 12.5 Å². The second-order valence-corrected chi connectivity index (χ2v) is 5.40. The van der Waals surface area contributed by atoms with Gasteiger partial charge >= 0.3 is 0 Å². The Hall–Kier alpha value is -1.60. The van der Waals surface area contributed by atoms with Crippen LogP contribution in [-0.2, 0) is 10.3 Å². The molecule has 2 fully saturated rings. The molecule has 2 aromatic carbocycles. The van der Waals surface area contributed by atoms with Gasteiger partial charge in [0.2, 0.25) is 0 Å². The molecular formula is C17H16O. The summed E-state index contributed by atoms with van der Waals surface area (Å²) in [7, 11) is 0. The van der Waals surface area contributed by atoms with Gasteiger partial charge in [-0.25, -0.2) is 0 Å². The van der Waals surface area contributed by atoms with Crippen LogP contribution in [0, 0.1) is 5.92 Å². The van der Waals surface area contributed by atoms with Crippen LogP contribution in [0.5, 0.6) is 0 Å². The molecule has 90 valence electrons. The minimum absolute atomic E-state index is 0.0295. The van der Waals surface area contributed by atoms with Crippen molar-refractivity contribution in [3.05, 3.63) is 71.8 Å². The van der Waals surface area contributed by atoms with E-state index in [1.165, 1.54) is 17.5 Å². The normalized spacial score (nSPS) is 33.1. The fourth-order valence-corrected chi connectivity index (χ4v) is 3.17. The summed E-state index contributed by atoms with van der Waals surface area (Å²) in [4.78, 5) is 0. The number of benzene rings is 2. The molecule has 2 aliphatic rings. The third kappa shape index (κ3) is 1.51. The minimum atomic E-state index is 0.0295. The summed E-state index contributed by atoms with van der Waals surface area (Å²) < 4.78 is 5.86. The zero-order valence-electron chi connectivity index (χ0n) is 10.3. The Morgan fingerprint density at radius 1 is 0.889 bits per heavy atom. The van der Waals surface area contributed by atoms with Crippen LogP contribution < -0.4 is 0 Å². The van der Waals surface area contributed by atoms with Crippen molar-refractivity contribution < 1.29 is 4.74 Å². The van der Waals surface area contributed by atoms with Crippen LogP contribution in [0.2, 0.25) is 0 Å². The van der Waals surface area contributed by atoms with E-state index in [0.29, 0.717) is 11.8 Å². The van der Waals surface area contributed by atoms with Crippen molar-refractivity contribution in [1.29, 1.82) is 0 Å². The van der Waals surface area contributed by atoms with Crippen molar-refractivity contribution in [3.8, 4) is 0 Å². The van der Waals surface area contributed by atoms with Crippen LogP contribution in [0.1, 0.15) is 23.5 Å². The van der Waals surface area contributed by atoms with Gasteiger partial charge in [0.05, 0.1) is 6.61 Å². The van der Waals surface area contributed by atoms with Crippen LogP contribution >= 0.6 is 0 Å². The SMILES string of the molecule is c1ccc(C2CC2C2(c3ccccc3)CO2)cc1. The molecule has 0 N–H and O–H groups in total. The third-order valence-corrected chi connectivity index (χ3v) is 4.33. The molecule has 3 unspecified atom stereocenters. The number of hydrogen-bond donors (Lipinski definition) is 0. The van der Waals surface area contributed by atoms with Crippen molar-refractivity contribution in [2.45, 2.75) is 17.9 Å². The lowest BCUT2D eigenvalue weighted by Crippen LogP contribution is -2.12. The summed E-state index contributed by atoms with van der Waals surface area (Å²) in [6, 6.07) is 21.5. The predicted molar refractivity (Wildman–Crippen MR) is 71.4 cm³/mol. The maximum Gasteiger partial charge on any atom is 0.120 e. The highest BCUT2D eigenvalue weighted by atomic mass is 16.6. The molecular weight excluding hydrogens is 220 g/mol. The Bertz CT molecular complexity index is 542. The number of ether oxygens (including phenoxy) is 1. The van der Waals surface area contributed by atoms with Crippen LogP contribution in [0.15, 0.2) is 60.7 Å². The smallest absolute Gasteiger partial charge is 0.120 e. The first kappa shape index (κ1) is 10.3. The van der Waals surface area contributed by atoms with Crippen molar-refractivity contribution in [2.75, 3.05) is 6.61 Å². The van der Waals surface area contributed by atoms with Crippen LogP contribution in [0.25, 0.3) is 0 Å². The van der Waals surface area contributed by atoms with Crippen molar-refractivity contribution in [1.82, 2.24) is 0 Å². The first-order valence-corrected chi connectivity index (χ1v) is 6.64. The lowest BCUT2D eigenvalue weighted by molar-refractivity contribution is 0.275. The highest BCUT2D eigenvalue weighted by molar-refractivity contribution is 5.36. The lowest BCUT2D eigenvalue weighted by atomic mass is 9.92. The van der Waals surface area contributed by atoms with Gasteiger partial charge in [0.15, 0.2) is 0 Å². The Morgan fingerprint density at radius 2 is 1.50 bits per heavy atom. The molecule has 1 saturated carbocycles. The average Bonchev–Trinajstić information content (AvgIpc) is 3.33. The molecule has 0 amide bonds. The number of rotatable bonds is 3. The van der Waals surface area contributed by atoms with E-state index < -0.39 is 0 Å². The molecule has 1 saturated heterocycles. The second-order valence-electron chi connectivity index (χ2n) is 5.40. The summed E-state index contributed by atoms with van der Waals surface area (Å²) >= 11 is 0. The summed E-state index contributed by atoms with van der Waals surface area (Å²) in [5.74, 6) is 1.36. The van der Waals surface area contributed by atoms with E-state index in [4.69, 9.17) is 4.74 Å². The van der Waals surface area contributed by atoms with Gasteiger partial charge in [-0.15, -0.1) is 0 Å². The quantitative estimate of drug-likeness (QED) is 0.740. The van der Waals surface area contributed by atoms with Gasteiger partial charge in [-0.2, -0.15) is 0 Å². The molecule has 3 atom stereocenters. The van der Waals surface area contributed by atoms with E-state index in [9.17, 15) is 0 Å². The molecule has 1 heteroatoms. The van der Waals surface area contributed by atoms with Crippen molar-refractivity contribution in [3.63, 3.8) is 0 Å². The zero-order chi connectivity index (χ0) is 12.0. The molecule has 1 nitrogen and oxygen atoms in total. The van der Waals surface area contributed by atoms with E-state index in [2.05, 4.69) is 60.7 Å². The van der Waals surface area contributed by atoms with Crippen LogP contribution in [0.4, 0.5) is 0 Å². The minimum Gasteiger partial charge on any atom is -0.364 e. The van der Waals surface area contributed by atoms with E-state index in [1.807, 2.05) is 0 Å². The number of epoxide rings is 1. The van der Waals surface area contributed by atoms with Gasteiger partial charge in [-0.3, -0.25) is 0 Å². The standard InChI is InChI=1S/C17H16O/c1-3-7-13(8-4-1)15-11-16(15)17(12-18-17)14-9-5-2-6-10-14/h1-10,15-16H,11-12H2. The molecule has 0 aromatic heterocycles. The molecule has 1 aliphatic heterocycles. The summed E-state index contributed by atoms with van der Waals surface area (Å²) in [6.07, 6.45) is 1.26.